The van der Waals surface area contributed by atoms with E-state index in [0.717, 1.165) is 34.4 Å². The van der Waals surface area contributed by atoms with Crippen molar-refractivity contribution in [1.82, 2.24) is 14.9 Å². The molecule has 6 heteroatoms. The zero-order chi connectivity index (χ0) is 18.7. The van der Waals surface area contributed by atoms with Crippen molar-refractivity contribution < 1.29 is 9.53 Å². The highest BCUT2D eigenvalue weighted by atomic mass is 79.9. The van der Waals surface area contributed by atoms with E-state index in [0.29, 0.717) is 0 Å². The first kappa shape index (κ1) is 17.6. The number of carbonyl (C=O) groups is 1. The molecule has 1 aliphatic heterocycles. The maximum absolute atomic E-state index is 12.8. The second-order valence-corrected chi connectivity index (χ2v) is 9.59. The Kier molecular flexibility index (Phi) is 3.95. The molecule has 1 aromatic carbocycles. The third kappa shape index (κ3) is 3.15. The van der Waals surface area contributed by atoms with Gasteiger partial charge in [0.05, 0.1) is 17.9 Å². The van der Waals surface area contributed by atoms with Crippen molar-refractivity contribution in [2.24, 2.45) is 5.41 Å². The Labute approximate surface area is 162 Å². The van der Waals surface area contributed by atoms with Gasteiger partial charge in [0.1, 0.15) is 11.4 Å². The van der Waals surface area contributed by atoms with Gasteiger partial charge in [-0.1, -0.05) is 35.0 Å². The first-order valence-corrected chi connectivity index (χ1v) is 9.78. The van der Waals surface area contributed by atoms with Crippen molar-refractivity contribution in [2.75, 3.05) is 0 Å². The van der Waals surface area contributed by atoms with Gasteiger partial charge < -0.3 is 9.72 Å². The molecular weight excluding hydrogens is 394 g/mol. The van der Waals surface area contributed by atoms with E-state index < -0.39 is 5.60 Å². The molecule has 2 aromatic rings. The lowest BCUT2D eigenvalue weighted by atomic mass is 10.0. The van der Waals surface area contributed by atoms with Gasteiger partial charge >= 0.3 is 6.09 Å². The van der Waals surface area contributed by atoms with E-state index in [4.69, 9.17) is 4.74 Å². The van der Waals surface area contributed by atoms with Gasteiger partial charge in [0.25, 0.3) is 0 Å². The van der Waals surface area contributed by atoms with Gasteiger partial charge in [0, 0.05) is 10.5 Å². The molecule has 1 N–H and O–H groups in total. The number of hydrogen-bond donors (Lipinski definition) is 1. The van der Waals surface area contributed by atoms with Crippen LogP contribution in [-0.4, -0.2) is 32.6 Å². The van der Waals surface area contributed by atoms with E-state index >= 15 is 0 Å². The molecule has 1 aromatic heterocycles. The molecule has 3 atom stereocenters. The first-order valence-electron chi connectivity index (χ1n) is 8.98. The van der Waals surface area contributed by atoms with Crippen LogP contribution in [0, 0.1) is 5.41 Å². The maximum Gasteiger partial charge on any atom is 0.411 e. The van der Waals surface area contributed by atoms with Crippen LogP contribution < -0.4 is 0 Å². The number of nitrogens with zero attached hydrogens (tertiary/aromatic N) is 2. The molecule has 1 aliphatic carbocycles. The Morgan fingerprint density at radius 2 is 2.00 bits per heavy atom. The van der Waals surface area contributed by atoms with E-state index in [2.05, 4.69) is 32.8 Å². The summed E-state index contributed by atoms with van der Waals surface area (Å²) in [5.41, 5.74) is 1.72. The van der Waals surface area contributed by atoms with Crippen LogP contribution in [0.5, 0.6) is 0 Å². The molecule has 26 heavy (non-hydrogen) atoms. The first-order chi connectivity index (χ1) is 12.2. The number of H-pyrrole nitrogens is 1. The summed E-state index contributed by atoms with van der Waals surface area (Å²) in [7, 11) is 0. The normalized spacial score (nSPS) is 27.3. The summed E-state index contributed by atoms with van der Waals surface area (Å²) in [6.07, 6.45) is 3.57. The van der Waals surface area contributed by atoms with Crippen molar-refractivity contribution in [3.8, 4) is 11.3 Å². The second kappa shape index (κ2) is 5.84. The number of aromatic amines is 1. The van der Waals surface area contributed by atoms with Crippen LogP contribution in [0.1, 0.15) is 52.4 Å². The summed E-state index contributed by atoms with van der Waals surface area (Å²) in [5.74, 6) is 0.835. The number of hydrogen-bond acceptors (Lipinski definition) is 3. The summed E-state index contributed by atoms with van der Waals surface area (Å²) in [5, 5.41) is 0. The lowest BCUT2D eigenvalue weighted by molar-refractivity contribution is 0.0174. The Morgan fingerprint density at radius 3 is 2.65 bits per heavy atom. The third-order valence-electron chi connectivity index (χ3n) is 5.31. The van der Waals surface area contributed by atoms with Crippen molar-refractivity contribution in [3.05, 3.63) is 40.8 Å². The number of nitrogens with one attached hydrogen (secondary N) is 1. The zero-order valence-electron chi connectivity index (χ0n) is 15.5. The van der Waals surface area contributed by atoms with E-state index in [-0.39, 0.29) is 23.6 Å². The average Bonchev–Trinajstić information content (AvgIpc) is 2.93. The summed E-state index contributed by atoms with van der Waals surface area (Å²) >= 11 is 3.46. The Hall–Kier alpha value is -1.82. The Balaban J connectivity index is 1.60. The third-order valence-corrected chi connectivity index (χ3v) is 5.83. The van der Waals surface area contributed by atoms with Gasteiger partial charge in [0.15, 0.2) is 0 Å². The van der Waals surface area contributed by atoms with Crippen LogP contribution in [-0.2, 0) is 4.74 Å². The van der Waals surface area contributed by atoms with Crippen LogP contribution in [0.2, 0.25) is 0 Å². The number of amides is 1. The average molecular weight is 418 g/mol. The molecule has 0 radical (unpaired) electrons. The molecule has 4 rings (SSSR count). The Morgan fingerprint density at radius 1 is 1.31 bits per heavy atom. The smallest absolute Gasteiger partial charge is 0.411 e. The SMILES string of the molecule is CC(C)(C)OC(=O)N1C(c2ncc(-c3ccc(Br)cc3)[nH]2)CC2(C)CC12. The van der Waals surface area contributed by atoms with Crippen molar-refractivity contribution in [2.45, 2.75) is 58.2 Å². The van der Waals surface area contributed by atoms with E-state index in [1.54, 1.807) is 0 Å². The van der Waals surface area contributed by atoms with E-state index in [1.807, 2.05) is 56.1 Å². The van der Waals surface area contributed by atoms with Gasteiger partial charge in [-0.15, -0.1) is 0 Å². The number of likely N-dealkylation sites (tertiary alicyclic amines) is 1. The second-order valence-electron chi connectivity index (χ2n) is 8.67. The van der Waals surface area contributed by atoms with Crippen LogP contribution >= 0.6 is 15.9 Å². The predicted octanol–water partition coefficient (Wildman–Crippen LogP) is 5.30. The van der Waals surface area contributed by atoms with Gasteiger partial charge in [-0.2, -0.15) is 0 Å². The zero-order valence-corrected chi connectivity index (χ0v) is 17.1. The quantitative estimate of drug-likeness (QED) is 0.720. The Bertz CT molecular complexity index is 839. The fourth-order valence-electron chi connectivity index (χ4n) is 3.87. The molecular formula is C20H24BrN3O2. The van der Waals surface area contributed by atoms with E-state index in [9.17, 15) is 4.79 Å². The van der Waals surface area contributed by atoms with Crippen LogP contribution in [0.15, 0.2) is 34.9 Å². The molecule has 2 fully saturated rings. The van der Waals surface area contributed by atoms with E-state index in [1.165, 1.54) is 0 Å². The number of piperidine rings is 1. The lowest BCUT2D eigenvalue weighted by Gasteiger charge is -2.29. The molecule has 0 bridgehead atoms. The van der Waals surface area contributed by atoms with Crippen LogP contribution in [0.4, 0.5) is 4.79 Å². The van der Waals surface area contributed by atoms with Gasteiger partial charge in [0.2, 0.25) is 0 Å². The molecule has 1 saturated heterocycles. The molecule has 138 valence electrons. The molecule has 1 amide bonds. The van der Waals surface area contributed by atoms with Crippen molar-refractivity contribution >= 4 is 22.0 Å². The number of imidazole rings is 1. The van der Waals surface area contributed by atoms with Gasteiger partial charge in [-0.25, -0.2) is 9.78 Å². The fourth-order valence-corrected chi connectivity index (χ4v) is 4.14. The number of carbonyl (C=O) groups excluding carboxylic acids is 1. The maximum atomic E-state index is 12.8. The van der Waals surface area contributed by atoms with Crippen LogP contribution in [0.25, 0.3) is 11.3 Å². The standard InChI is InChI=1S/C20H24BrN3O2/c1-19(2,3)26-18(25)24-15(9-20(4)10-16(20)24)17-22-11-14(23-17)12-5-7-13(21)8-6-12/h5-8,11,15-16H,9-10H2,1-4H3,(H,22,23). The van der Waals surface area contributed by atoms with Gasteiger partial charge in [-0.3, -0.25) is 4.90 Å². The number of ether oxygens (including phenoxy) is 1. The molecule has 5 nitrogen and oxygen atoms in total. The fraction of sp³-hybridized carbons (Fsp3) is 0.500. The van der Waals surface area contributed by atoms with Crippen molar-refractivity contribution in [3.63, 3.8) is 0 Å². The van der Waals surface area contributed by atoms with Gasteiger partial charge in [-0.05, 0) is 56.7 Å². The summed E-state index contributed by atoms with van der Waals surface area (Å²) in [4.78, 5) is 22.7. The number of fused-ring (bicyclic) bond motifs is 1. The lowest BCUT2D eigenvalue weighted by Crippen LogP contribution is -2.38. The number of aromatic nitrogens is 2. The summed E-state index contributed by atoms with van der Waals surface area (Å²) < 4.78 is 6.70. The largest absolute Gasteiger partial charge is 0.444 e. The minimum Gasteiger partial charge on any atom is -0.444 e. The molecule has 0 spiro atoms. The summed E-state index contributed by atoms with van der Waals surface area (Å²) in [6, 6.07) is 8.30. The molecule has 2 aliphatic rings. The molecule has 1 saturated carbocycles. The highest BCUT2D eigenvalue weighted by Gasteiger charge is 2.64. The monoisotopic (exact) mass is 417 g/mol. The number of benzene rings is 1. The molecule has 2 heterocycles. The minimum atomic E-state index is -0.499. The number of halogens is 1. The molecule has 3 unspecified atom stereocenters. The highest BCUT2D eigenvalue weighted by molar-refractivity contribution is 9.10. The predicted molar refractivity (Wildman–Crippen MR) is 104 cm³/mol. The van der Waals surface area contributed by atoms with Crippen LogP contribution in [0.3, 0.4) is 0 Å². The summed E-state index contributed by atoms with van der Waals surface area (Å²) in [6.45, 7) is 7.95. The van der Waals surface area contributed by atoms with Crippen molar-refractivity contribution in [1.29, 1.82) is 0 Å². The number of rotatable bonds is 2. The topological polar surface area (TPSA) is 58.2 Å². The minimum absolute atomic E-state index is 0.0576. The highest BCUT2D eigenvalue weighted by Crippen LogP contribution is 2.63.